The van der Waals surface area contributed by atoms with Crippen LogP contribution in [-0.2, 0) is 9.53 Å². The Morgan fingerprint density at radius 1 is 1.73 bits per heavy atom. The number of halogens is 1. The van der Waals surface area contributed by atoms with Crippen molar-refractivity contribution in [3.8, 4) is 0 Å². The second kappa shape index (κ2) is 4.72. The van der Waals surface area contributed by atoms with Crippen LogP contribution < -0.4 is 0 Å². The zero-order chi connectivity index (χ0) is 8.91. The lowest BCUT2D eigenvalue weighted by molar-refractivity contribution is -0.146. The first-order valence-electron chi connectivity index (χ1n) is 3.51. The molecule has 0 aliphatic rings. The molecule has 0 fully saturated rings. The summed E-state index contributed by atoms with van der Waals surface area (Å²) in [5.74, 6) is -0.325. The number of ether oxygens (including phenoxy) is 1. The zero-order valence-corrected chi connectivity index (χ0v) is 8.35. The van der Waals surface area contributed by atoms with Crippen LogP contribution in [0.25, 0.3) is 0 Å². The number of esters is 1. The van der Waals surface area contributed by atoms with E-state index in [0.717, 1.165) is 0 Å². The van der Waals surface area contributed by atoms with E-state index in [-0.39, 0.29) is 19.2 Å². The quantitative estimate of drug-likeness (QED) is 0.575. The second-order valence-corrected chi connectivity index (χ2v) is 4.16. The van der Waals surface area contributed by atoms with Gasteiger partial charge in [0.2, 0.25) is 0 Å². The first kappa shape index (κ1) is 10.9. The van der Waals surface area contributed by atoms with Crippen molar-refractivity contribution in [3.63, 3.8) is 0 Å². The number of aliphatic hydroxyl groups is 1. The molecule has 11 heavy (non-hydrogen) atoms. The third-order valence-corrected chi connectivity index (χ3v) is 2.30. The minimum atomic E-state index is -0.609. The summed E-state index contributed by atoms with van der Waals surface area (Å²) in [6, 6.07) is 0. The van der Waals surface area contributed by atoms with Crippen molar-refractivity contribution in [2.24, 2.45) is 0 Å². The summed E-state index contributed by atoms with van der Waals surface area (Å²) in [6.07, 6.45) is 0.664. The predicted molar refractivity (Wildman–Crippen MR) is 45.7 cm³/mol. The molecule has 1 unspecified atom stereocenters. The maximum atomic E-state index is 11.1. The first-order valence-corrected chi connectivity index (χ1v) is 4.31. The third-order valence-electron chi connectivity index (χ3n) is 1.41. The van der Waals surface area contributed by atoms with Gasteiger partial charge in [0.05, 0.1) is 6.61 Å². The van der Waals surface area contributed by atoms with Crippen LogP contribution in [0.5, 0.6) is 0 Å². The van der Waals surface area contributed by atoms with E-state index in [1.54, 1.807) is 6.92 Å². The Bertz CT molecular complexity index is 134. The van der Waals surface area contributed by atoms with Crippen LogP contribution in [0.1, 0.15) is 20.3 Å². The van der Waals surface area contributed by atoms with Crippen LogP contribution >= 0.6 is 15.9 Å². The third kappa shape index (κ3) is 3.72. The molecule has 3 nitrogen and oxygen atoms in total. The van der Waals surface area contributed by atoms with Crippen LogP contribution in [0, 0.1) is 0 Å². The van der Waals surface area contributed by atoms with Gasteiger partial charge in [0.25, 0.3) is 0 Å². The highest BCUT2D eigenvalue weighted by Gasteiger charge is 2.29. The number of aliphatic hydroxyl groups excluding tert-OH is 1. The summed E-state index contributed by atoms with van der Waals surface area (Å²) in [6.45, 7) is 3.57. The van der Waals surface area contributed by atoms with E-state index in [2.05, 4.69) is 15.9 Å². The Hall–Kier alpha value is -0.0900. The van der Waals surface area contributed by atoms with E-state index in [4.69, 9.17) is 9.84 Å². The van der Waals surface area contributed by atoms with Gasteiger partial charge in [0, 0.05) is 0 Å². The maximum Gasteiger partial charge on any atom is 0.322 e. The van der Waals surface area contributed by atoms with E-state index in [1.807, 2.05) is 6.92 Å². The van der Waals surface area contributed by atoms with Crippen molar-refractivity contribution < 1.29 is 14.6 Å². The van der Waals surface area contributed by atoms with Gasteiger partial charge in [-0.15, -0.1) is 0 Å². The van der Waals surface area contributed by atoms with Crippen LogP contribution in [0.3, 0.4) is 0 Å². The first-order chi connectivity index (χ1) is 5.04. The lowest BCUT2D eigenvalue weighted by atomic mass is 10.1. The van der Waals surface area contributed by atoms with E-state index < -0.39 is 4.32 Å². The highest BCUT2D eigenvalue weighted by Crippen LogP contribution is 2.22. The fraction of sp³-hybridized carbons (Fsp3) is 0.857. The van der Waals surface area contributed by atoms with Gasteiger partial charge in [-0.1, -0.05) is 22.9 Å². The van der Waals surface area contributed by atoms with Gasteiger partial charge in [0.15, 0.2) is 0 Å². The number of hydrogen-bond donors (Lipinski definition) is 1. The summed E-state index contributed by atoms with van der Waals surface area (Å²) < 4.78 is 4.10. The van der Waals surface area contributed by atoms with E-state index in [0.29, 0.717) is 6.42 Å². The average Bonchev–Trinajstić information content (AvgIpc) is 2.00. The van der Waals surface area contributed by atoms with Gasteiger partial charge in [-0.25, -0.2) is 0 Å². The topological polar surface area (TPSA) is 46.5 Å². The fourth-order valence-electron chi connectivity index (χ4n) is 0.433. The summed E-state index contributed by atoms with van der Waals surface area (Å²) >= 11 is 3.22. The molecule has 0 saturated heterocycles. The summed E-state index contributed by atoms with van der Waals surface area (Å²) in [5.41, 5.74) is 0. The summed E-state index contributed by atoms with van der Waals surface area (Å²) in [5, 5.41) is 8.36. The molecular weight excluding hydrogens is 212 g/mol. The van der Waals surface area contributed by atoms with Gasteiger partial charge in [-0.3, -0.25) is 4.79 Å². The molecule has 0 aromatic rings. The van der Waals surface area contributed by atoms with Gasteiger partial charge in [0.1, 0.15) is 10.9 Å². The molecular formula is C7H13BrO3. The number of rotatable bonds is 4. The van der Waals surface area contributed by atoms with Crippen LogP contribution in [0.4, 0.5) is 0 Å². The highest BCUT2D eigenvalue weighted by atomic mass is 79.9. The Morgan fingerprint density at radius 2 is 2.27 bits per heavy atom. The Labute approximate surface area is 74.9 Å². The van der Waals surface area contributed by atoms with Gasteiger partial charge in [-0.05, 0) is 13.3 Å². The molecule has 0 aliphatic heterocycles. The standard InChI is InChI=1S/C7H13BrO3/c1-3-7(2,8)6(10)11-5-4-9/h9H,3-5H2,1-2H3. The van der Waals surface area contributed by atoms with Crippen molar-refractivity contribution >= 4 is 21.9 Å². The molecule has 0 spiro atoms. The molecule has 0 aromatic carbocycles. The van der Waals surface area contributed by atoms with Crippen molar-refractivity contribution in [3.05, 3.63) is 0 Å². The highest BCUT2D eigenvalue weighted by molar-refractivity contribution is 9.10. The van der Waals surface area contributed by atoms with Crippen LogP contribution in [-0.4, -0.2) is 28.6 Å². The number of carbonyl (C=O) groups is 1. The molecule has 0 aliphatic carbocycles. The summed E-state index contributed by atoms with van der Waals surface area (Å²) in [4.78, 5) is 11.1. The molecule has 0 amide bonds. The number of alkyl halides is 1. The van der Waals surface area contributed by atoms with Gasteiger partial charge >= 0.3 is 5.97 Å². The van der Waals surface area contributed by atoms with Crippen LogP contribution in [0.15, 0.2) is 0 Å². The van der Waals surface area contributed by atoms with E-state index in [9.17, 15) is 4.79 Å². The molecule has 1 N–H and O–H groups in total. The zero-order valence-electron chi connectivity index (χ0n) is 6.76. The molecule has 66 valence electrons. The molecule has 0 bridgehead atoms. The predicted octanol–water partition coefficient (Wildman–Crippen LogP) is 1.09. The molecule has 0 heterocycles. The minimum absolute atomic E-state index is 0.0695. The van der Waals surface area contributed by atoms with Crippen molar-refractivity contribution in [2.75, 3.05) is 13.2 Å². The lowest BCUT2D eigenvalue weighted by Gasteiger charge is -2.17. The van der Waals surface area contributed by atoms with Crippen LogP contribution in [0.2, 0.25) is 0 Å². The van der Waals surface area contributed by atoms with E-state index in [1.165, 1.54) is 0 Å². The molecule has 1 atom stereocenters. The summed E-state index contributed by atoms with van der Waals surface area (Å²) in [7, 11) is 0. The number of hydrogen-bond acceptors (Lipinski definition) is 3. The monoisotopic (exact) mass is 224 g/mol. The maximum absolute atomic E-state index is 11.1. The SMILES string of the molecule is CCC(C)(Br)C(=O)OCCO. The van der Waals surface area contributed by atoms with Crippen molar-refractivity contribution in [1.29, 1.82) is 0 Å². The average molecular weight is 225 g/mol. The fourth-order valence-corrected chi connectivity index (χ4v) is 0.548. The largest absolute Gasteiger partial charge is 0.462 e. The van der Waals surface area contributed by atoms with Gasteiger partial charge in [-0.2, -0.15) is 0 Å². The second-order valence-electron chi connectivity index (χ2n) is 2.41. The molecule has 0 aromatic heterocycles. The Kier molecular flexibility index (Phi) is 4.68. The molecule has 0 rings (SSSR count). The molecule has 0 radical (unpaired) electrons. The van der Waals surface area contributed by atoms with Crippen molar-refractivity contribution in [1.82, 2.24) is 0 Å². The Balaban J connectivity index is 3.82. The smallest absolute Gasteiger partial charge is 0.322 e. The van der Waals surface area contributed by atoms with Crippen molar-refractivity contribution in [2.45, 2.75) is 24.6 Å². The molecule has 0 saturated carbocycles. The van der Waals surface area contributed by atoms with E-state index >= 15 is 0 Å². The molecule has 4 heteroatoms. The Morgan fingerprint density at radius 3 is 2.64 bits per heavy atom. The normalized spacial score (nSPS) is 15.6. The minimum Gasteiger partial charge on any atom is -0.462 e. The van der Waals surface area contributed by atoms with Gasteiger partial charge < -0.3 is 9.84 Å². The number of carbonyl (C=O) groups excluding carboxylic acids is 1. The lowest BCUT2D eigenvalue weighted by Crippen LogP contribution is -2.30.